The lowest BCUT2D eigenvalue weighted by atomic mass is 9.83. The van der Waals surface area contributed by atoms with Gasteiger partial charge in [0.15, 0.2) is 0 Å². The summed E-state index contributed by atoms with van der Waals surface area (Å²) in [6.45, 7) is 13.2. The molecule has 0 aromatic heterocycles. The molecule has 0 spiro atoms. The average Bonchev–Trinajstić information content (AvgIpc) is 2.36. The molecule has 1 rings (SSSR count). The fourth-order valence-electron chi connectivity index (χ4n) is 3.51. The zero-order chi connectivity index (χ0) is 16.8. The molecule has 0 bridgehead atoms. The Balaban J connectivity index is 2.80. The number of hydrogen-bond acceptors (Lipinski definition) is 2. The summed E-state index contributed by atoms with van der Waals surface area (Å²) in [6, 6.07) is 9.29. The Morgan fingerprint density at radius 1 is 1.00 bits per heavy atom. The standard InChI is InChI=1S/C20H32O2/c1-15(2)12-17(5)14-20(6,13-16(3)4)22-19(21)18-10-8-7-9-11-18/h7-11,15-17H,12-14H2,1-6H3. The molecule has 22 heavy (non-hydrogen) atoms. The van der Waals surface area contributed by atoms with Crippen LogP contribution in [0.15, 0.2) is 30.3 Å². The van der Waals surface area contributed by atoms with Crippen LogP contribution in [-0.2, 0) is 4.74 Å². The van der Waals surface area contributed by atoms with Gasteiger partial charge in [-0.3, -0.25) is 0 Å². The van der Waals surface area contributed by atoms with E-state index < -0.39 is 5.60 Å². The van der Waals surface area contributed by atoms with Crippen molar-refractivity contribution in [3.05, 3.63) is 35.9 Å². The molecule has 0 fully saturated rings. The second-order valence-electron chi connectivity index (χ2n) is 7.74. The summed E-state index contributed by atoms with van der Waals surface area (Å²) in [5.74, 6) is 1.51. The molecule has 0 heterocycles. The molecule has 0 aliphatic heterocycles. The number of carbonyl (C=O) groups excluding carboxylic acids is 1. The lowest BCUT2D eigenvalue weighted by molar-refractivity contribution is -0.0310. The van der Waals surface area contributed by atoms with Gasteiger partial charge >= 0.3 is 5.97 Å². The van der Waals surface area contributed by atoms with Crippen molar-refractivity contribution >= 4 is 5.97 Å². The van der Waals surface area contributed by atoms with E-state index in [1.807, 2.05) is 30.3 Å². The molecule has 2 atom stereocenters. The zero-order valence-electron chi connectivity index (χ0n) is 15.1. The minimum absolute atomic E-state index is 0.208. The smallest absolute Gasteiger partial charge is 0.338 e. The number of carbonyl (C=O) groups is 1. The molecule has 2 heteroatoms. The monoisotopic (exact) mass is 304 g/mol. The van der Waals surface area contributed by atoms with Gasteiger partial charge in [-0.05, 0) is 56.1 Å². The van der Waals surface area contributed by atoms with Gasteiger partial charge in [0.1, 0.15) is 5.60 Å². The van der Waals surface area contributed by atoms with Crippen LogP contribution < -0.4 is 0 Å². The Morgan fingerprint density at radius 3 is 2.09 bits per heavy atom. The van der Waals surface area contributed by atoms with E-state index in [-0.39, 0.29) is 5.97 Å². The van der Waals surface area contributed by atoms with E-state index in [4.69, 9.17) is 4.74 Å². The highest BCUT2D eigenvalue weighted by Gasteiger charge is 2.32. The third-order valence-electron chi connectivity index (χ3n) is 3.84. The number of esters is 1. The molecular weight excluding hydrogens is 272 g/mol. The minimum atomic E-state index is -0.393. The van der Waals surface area contributed by atoms with Crippen molar-refractivity contribution in [3.8, 4) is 0 Å². The Kier molecular flexibility index (Phi) is 7.12. The van der Waals surface area contributed by atoms with Crippen molar-refractivity contribution in [3.63, 3.8) is 0 Å². The van der Waals surface area contributed by atoms with Gasteiger partial charge in [0, 0.05) is 0 Å². The fourth-order valence-corrected chi connectivity index (χ4v) is 3.51. The zero-order valence-corrected chi connectivity index (χ0v) is 15.1. The summed E-state index contributed by atoms with van der Waals surface area (Å²) >= 11 is 0. The molecule has 124 valence electrons. The Bertz CT molecular complexity index is 450. The van der Waals surface area contributed by atoms with Gasteiger partial charge in [-0.15, -0.1) is 0 Å². The number of rotatable bonds is 8. The van der Waals surface area contributed by atoms with Gasteiger partial charge in [0.05, 0.1) is 5.56 Å². The van der Waals surface area contributed by atoms with Crippen LogP contribution in [-0.4, -0.2) is 11.6 Å². The maximum absolute atomic E-state index is 12.4. The molecule has 2 unspecified atom stereocenters. The first-order valence-corrected chi connectivity index (χ1v) is 8.50. The second kappa shape index (κ2) is 8.36. The molecule has 0 aliphatic rings. The van der Waals surface area contributed by atoms with Crippen LogP contribution in [0.25, 0.3) is 0 Å². The molecule has 2 nitrogen and oxygen atoms in total. The van der Waals surface area contributed by atoms with Gasteiger partial charge < -0.3 is 4.74 Å². The lowest BCUT2D eigenvalue weighted by Crippen LogP contribution is -2.35. The SMILES string of the molecule is CC(C)CC(C)CC(C)(CC(C)C)OC(=O)c1ccccc1. The van der Waals surface area contributed by atoms with Crippen molar-refractivity contribution in [1.82, 2.24) is 0 Å². The largest absolute Gasteiger partial charge is 0.456 e. The number of benzene rings is 1. The van der Waals surface area contributed by atoms with Crippen LogP contribution in [0.5, 0.6) is 0 Å². The lowest BCUT2D eigenvalue weighted by Gasteiger charge is -2.34. The predicted octanol–water partition coefficient (Wildman–Crippen LogP) is 5.72. The summed E-state index contributed by atoms with van der Waals surface area (Å²) in [4.78, 5) is 12.4. The maximum atomic E-state index is 12.4. The normalized spacial score (nSPS) is 15.6. The topological polar surface area (TPSA) is 26.3 Å². The van der Waals surface area contributed by atoms with Crippen molar-refractivity contribution in [2.45, 2.75) is 66.4 Å². The van der Waals surface area contributed by atoms with Crippen LogP contribution in [0.2, 0.25) is 0 Å². The van der Waals surface area contributed by atoms with Gasteiger partial charge in [0.2, 0.25) is 0 Å². The molecule has 1 aromatic carbocycles. The molecule has 0 amide bonds. The first-order chi connectivity index (χ1) is 10.2. The summed E-state index contributed by atoms with van der Waals surface area (Å²) in [7, 11) is 0. The van der Waals surface area contributed by atoms with E-state index in [0.29, 0.717) is 23.3 Å². The molecule has 0 radical (unpaired) electrons. The van der Waals surface area contributed by atoms with Crippen molar-refractivity contribution < 1.29 is 9.53 Å². The van der Waals surface area contributed by atoms with Gasteiger partial charge in [-0.1, -0.05) is 52.8 Å². The summed E-state index contributed by atoms with van der Waals surface area (Å²) in [5, 5.41) is 0. The Hall–Kier alpha value is -1.31. The third kappa shape index (κ3) is 6.64. The first kappa shape index (κ1) is 18.7. The van der Waals surface area contributed by atoms with Crippen molar-refractivity contribution in [1.29, 1.82) is 0 Å². The highest BCUT2D eigenvalue weighted by atomic mass is 16.6. The van der Waals surface area contributed by atoms with Crippen LogP contribution in [0.1, 0.15) is 71.2 Å². The van der Waals surface area contributed by atoms with E-state index in [0.717, 1.165) is 19.3 Å². The quantitative estimate of drug-likeness (QED) is 0.574. The molecular formula is C20H32O2. The van der Waals surface area contributed by atoms with Crippen molar-refractivity contribution in [2.75, 3.05) is 0 Å². The molecule has 1 aromatic rings. The van der Waals surface area contributed by atoms with Crippen LogP contribution >= 0.6 is 0 Å². The van der Waals surface area contributed by atoms with E-state index >= 15 is 0 Å². The summed E-state index contributed by atoms with van der Waals surface area (Å²) in [5.41, 5.74) is 0.240. The highest BCUT2D eigenvalue weighted by molar-refractivity contribution is 5.89. The fraction of sp³-hybridized carbons (Fsp3) is 0.650. The second-order valence-corrected chi connectivity index (χ2v) is 7.74. The Labute approximate surface area is 136 Å². The summed E-state index contributed by atoms with van der Waals surface area (Å²) in [6.07, 6.45) is 2.98. The van der Waals surface area contributed by atoms with Gasteiger partial charge in [-0.2, -0.15) is 0 Å². The van der Waals surface area contributed by atoms with E-state index in [9.17, 15) is 4.79 Å². The van der Waals surface area contributed by atoms with E-state index in [1.54, 1.807) is 0 Å². The molecule has 0 aliphatic carbocycles. The Morgan fingerprint density at radius 2 is 1.59 bits per heavy atom. The van der Waals surface area contributed by atoms with Crippen LogP contribution in [0, 0.1) is 17.8 Å². The molecule has 0 N–H and O–H groups in total. The van der Waals surface area contributed by atoms with E-state index in [2.05, 4.69) is 41.5 Å². The summed E-state index contributed by atoms with van der Waals surface area (Å²) < 4.78 is 5.95. The highest BCUT2D eigenvalue weighted by Crippen LogP contribution is 2.31. The minimum Gasteiger partial charge on any atom is -0.456 e. The first-order valence-electron chi connectivity index (χ1n) is 8.50. The van der Waals surface area contributed by atoms with Crippen LogP contribution in [0.3, 0.4) is 0 Å². The molecule has 0 saturated heterocycles. The molecule has 0 saturated carbocycles. The van der Waals surface area contributed by atoms with Crippen molar-refractivity contribution in [2.24, 2.45) is 17.8 Å². The predicted molar refractivity (Wildman–Crippen MR) is 93.0 cm³/mol. The van der Waals surface area contributed by atoms with E-state index in [1.165, 1.54) is 0 Å². The van der Waals surface area contributed by atoms with Gasteiger partial charge in [-0.25, -0.2) is 4.79 Å². The van der Waals surface area contributed by atoms with Gasteiger partial charge in [0.25, 0.3) is 0 Å². The average molecular weight is 304 g/mol. The maximum Gasteiger partial charge on any atom is 0.338 e. The number of hydrogen-bond donors (Lipinski definition) is 0. The third-order valence-corrected chi connectivity index (χ3v) is 3.84. The van der Waals surface area contributed by atoms with Crippen LogP contribution in [0.4, 0.5) is 0 Å². The number of ether oxygens (including phenoxy) is 1.